The maximum Gasteiger partial charge on any atom is 0.284 e. The van der Waals surface area contributed by atoms with Gasteiger partial charge >= 0.3 is 0 Å². The molecular weight excluding hydrogens is 164 g/mol. The Balaban J connectivity index is 3.28. The van der Waals surface area contributed by atoms with Crippen molar-refractivity contribution in [3.05, 3.63) is 23.0 Å². The van der Waals surface area contributed by atoms with Crippen LogP contribution in [-0.4, -0.2) is 10.1 Å². The van der Waals surface area contributed by atoms with Gasteiger partial charge in [-0.3, -0.25) is 0 Å². The summed E-state index contributed by atoms with van der Waals surface area (Å²) in [5.41, 5.74) is 0.380. The third-order valence-electron chi connectivity index (χ3n) is 1.55. The van der Waals surface area contributed by atoms with Gasteiger partial charge < -0.3 is 5.11 Å². The van der Waals surface area contributed by atoms with E-state index in [0.29, 0.717) is 11.3 Å². The minimum absolute atomic E-state index is 0.407. The van der Waals surface area contributed by atoms with Crippen molar-refractivity contribution in [3.63, 3.8) is 0 Å². The quantitative estimate of drug-likeness (QED) is 0.707. The second-order valence-corrected chi connectivity index (χ2v) is 2.62. The monoisotopic (exact) mass is 173 g/mol. The van der Waals surface area contributed by atoms with Crippen molar-refractivity contribution in [3.8, 4) is 5.75 Å². The summed E-state index contributed by atoms with van der Waals surface area (Å²) < 4.78 is 24.3. The standard InChI is InChI=1S/C8H9F2NO/c1-4-3-5(2)11-6(7(4)12)8(9)10/h3,8,12H,1-2H3. The third kappa shape index (κ3) is 1.52. The van der Waals surface area contributed by atoms with E-state index in [1.54, 1.807) is 19.9 Å². The largest absolute Gasteiger partial charge is 0.506 e. The summed E-state index contributed by atoms with van der Waals surface area (Å²) in [5.74, 6) is -0.407. The Kier molecular flexibility index (Phi) is 2.26. The lowest BCUT2D eigenvalue weighted by molar-refractivity contribution is 0.141. The number of halogens is 2. The van der Waals surface area contributed by atoms with Crippen LogP contribution in [0.25, 0.3) is 0 Å². The molecule has 1 aromatic heterocycles. The number of alkyl halides is 2. The van der Waals surface area contributed by atoms with Gasteiger partial charge in [0, 0.05) is 5.69 Å². The SMILES string of the molecule is Cc1cc(C)c(O)c(C(F)F)n1. The Bertz CT molecular complexity index is 299. The Labute approximate surface area is 68.9 Å². The average molecular weight is 173 g/mol. The van der Waals surface area contributed by atoms with Gasteiger partial charge in [-0.05, 0) is 25.5 Å². The topological polar surface area (TPSA) is 33.1 Å². The van der Waals surface area contributed by atoms with E-state index in [1.165, 1.54) is 0 Å². The summed E-state index contributed by atoms with van der Waals surface area (Å²) in [6.45, 7) is 3.17. The third-order valence-corrected chi connectivity index (χ3v) is 1.55. The van der Waals surface area contributed by atoms with E-state index < -0.39 is 17.9 Å². The highest BCUT2D eigenvalue weighted by Gasteiger charge is 2.16. The first-order valence-electron chi connectivity index (χ1n) is 3.47. The maximum atomic E-state index is 12.2. The first-order chi connectivity index (χ1) is 5.52. The molecule has 12 heavy (non-hydrogen) atoms. The molecule has 0 bridgehead atoms. The fraction of sp³-hybridized carbons (Fsp3) is 0.375. The van der Waals surface area contributed by atoms with Gasteiger partial charge in [0.1, 0.15) is 11.4 Å². The lowest BCUT2D eigenvalue weighted by Crippen LogP contribution is -1.95. The van der Waals surface area contributed by atoms with Gasteiger partial charge in [0.2, 0.25) is 0 Å². The molecule has 4 heteroatoms. The van der Waals surface area contributed by atoms with Crippen molar-refractivity contribution in [2.75, 3.05) is 0 Å². The van der Waals surface area contributed by atoms with Gasteiger partial charge in [0.05, 0.1) is 0 Å². The zero-order valence-electron chi connectivity index (χ0n) is 6.81. The van der Waals surface area contributed by atoms with Crippen molar-refractivity contribution in [1.82, 2.24) is 4.98 Å². The van der Waals surface area contributed by atoms with Crippen molar-refractivity contribution >= 4 is 0 Å². The van der Waals surface area contributed by atoms with E-state index in [9.17, 15) is 8.78 Å². The number of aryl methyl sites for hydroxylation is 2. The van der Waals surface area contributed by atoms with Gasteiger partial charge in [-0.25, -0.2) is 13.8 Å². The number of nitrogens with zero attached hydrogens (tertiary/aromatic N) is 1. The highest BCUT2D eigenvalue weighted by Crippen LogP contribution is 2.29. The lowest BCUT2D eigenvalue weighted by Gasteiger charge is -2.06. The number of aromatic hydroxyl groups is 1. The molecule has 0 aromatic carbocycles. The first kappa shape index (κ1) is 8.90. The van der Waals surface area contributed by atoms with Gasteiger partial charge in [-0.1, -0.05) is 0 Å². The van der Waals surface area contributed by atoms with Crippen molar-refractivity contribution in [1.29, 1.82) is 0 Å². The predicted molar refractivity (Wildman–Crippen MR) is 40.3 cm³/mol. The molecule has 1 rings (SSSR count). The summed E-state index contributed by atoms with van der Waals surface area (Å²) in [4.78, 5) is 3.53. The van der Waals surface area contributed by atoms with Gasteiger partial charge in [-0.15, -0.1) is 0 Å². The number of rotatable bonds is 1. The first-order valence-corrected chi connectivity index (χ1v) is 3.47. The maximum absolute atomic E-state index is 12.2. The lowest BCUT2D eigenvalue weighted by atomic mass is 10.2. The van der Waals surface area contributed by atoms with E-state index in [0.717, 1.165) is 0 Å². The van der Waals surface area contributed by atoms with Crippen LogP contribution in [0, 0.1) is 13.8 Å². The summed E-state index contributed by atoms with van der Waals surface area (Å²) >= 11 is 0. The van der Waals surface area contributed by atoms with E-state index in [4.69, 9.17) is 5.11 Å². The molecule has 0 saturated heterocycles. The van der Waals surface area contributed by atoms with E-state index in [1.807, 2.05) is 0 Å². The van der Waals surface area contributed by atoms with Gasteiger partial charge in [0.15, 0.2) is 0 Å². The molecule has 0 atom stereocenters. The van der Waals surface area contributed by atoms with Crippen LogP contribution in [0.3, 0.4) is 0 Å². The number of aromatic nitrogens is 1. The van der Waals surface area contributed by atoms with Gasteiger partial charge in [0.25, 0.3) is 6.43 Å². The molecule has 0 aliphatic rings. The summed E-state index contributed by atoms with van der Waals surface area (Å²) in [6.07, 6.45) is -2.72. The van der Waals surface area contributed by atoms with Crippen molar-refractivity contribution in [2.45, 2.75) is 20.3 Å². The molecule has 0 radical (unpaired) electrons. The Morgan fingerprint density at radius 1 is 1.42 bits per heavy atom. The van der Waals surface area contributed by atoms with Crippen LogP contribution >= 0.6 is 0 Å². The summed E-state index contributed by atoms with van der Waals surface area (Å²) in [6, 6.07) is 1.56. The molecule has 0 unspecified atom stereocenters. The molecule has 0 fully saturated rings. The second kappa shape index (κ2) is 3.05. The van der Waals surface area contributed by atoms with E-state index in [2.05, 4.69) is 4.98 Å². The number of hydrogen-bond acceptors (Lipinski definition) is 2. The van der Waals surface area contributed by atoms with E-state index in [-0.39, 0.29) is 0 Å². The molecule has 1 heterocycles. The van der Waals surface area contributed by atoms with Gasteiger partial charge in [-0.2, -0.15) is 0 Å². The zero-order chi connectivity index (χ0) is 9.30. The molecular formula is C8H9F2NO. The summed E-state index contributed by atoms with van der Waals surface area (Å²) in [5, 5.41) is 9.15. The minimum atomic E-state index is -2.72. The molecule has 0 aliphatic heterocycles. The molecule has 0 aliphatic carbocycles. The highest BCUT2D eigenvalue weighted by atomic mass is 19.3. The van der Waals surface area contributed by atoms with Crippen LogP contribution < -0.4 is 0 Å². The molecule has 0 spiro atoms. The molecule has 2 nitrogen and oxygen atoms in total. The molecule has 0 amide bonds. The number of pyridine rings is 1. The smallest absolute Gasteiger partial charge is 0.284 e. The minimum Gasteiger partial charge on any atom is -0.506 e. The van der Waals surface area contributed by atoms with Crippen LogP contribution in [0.15, 0.2) is 6.07 Å². The predicted octanol–water partition coefficient (Wildman–Crippen LogP) is 2.34. The Morgan fingerprint density at radius 3 is 2.50 bits per heavy atom. The van der Waals surface area contributed by atoms with E-state index >= 15 is 0 Å². The number of hydrogen-bond donors (Lipinski definition) is 1. The van der Waals surface area contributed by atoms with Crippen LogP contribution in [0.4, 0.5) is 8.78 Å². The fourth-order valence-electron chi connectivity index (χ4n) is 1.01. The molecule has 1 aromatic rings. The normalized spacial score (nSPS) is 10.8. The molecule has 0 saturated carbocycles. The molecule has 1 N–H and O–H groups in total. The second-order valence-electron chi connectivity index (χ2n) is 2.62. The Hall–Kier alpha value is -1.19. The van der Waals surface area contributed by atoms with Crippen LogP contribution in [0.2, 0.25) is 0 Å². The molecule has 66 valence electrons. The zero-order valence-corrected chi connectivity index (χ0v) is 6.81. The Morgan fingerprint density at radius 2 is 2.00 bits per heavy atom. The average Bonchev–Trinajstić information content (AvgIpc) is 1.96. The fourth-order valence-corrected chi connectivity index (χ4v) is 1.01. The van der Waals surface area contributed by atoms with Crippen molar-refractivity contribution in [2.24, 2.45) is 0 Å². The van der Waals surface area contributed by atoms with Crippen molar-refractivity contribution < 1.29 is 13.9 Å². The van der Waals surface area contributed by atoms with Crippen LogP contribution in [0.1, 0.15) is 23.4 Å². The highest BCUT2D eigenvalue weighted by molar-refractivity contribution is 5.37. The summed E-state index contributed by atoms with van der Waals surface area (Å²) in [7, 11) is 0. The van der Waals surface area contributed by atoms with Crippen LogP contribution in [-0.2, 0) is 0 Å². The van der Waals surface area contributed by atoms with Crippen LogP contribution in [0.5, 0.6) is 5.75 Å².